The van der Waals surface area contributed by atoms with Crippen LogP contribution in [-0.2, 0) is 9.59 Å². The molecule has 2 rings (SSSR count). The van der Waals surface area contributed by atoms with Crippen molar-refractivity contribution < 1.29 is 9.59 Å². The Bertz CT molecular complexity index is 715. The topological polar surface area (TPSA) is 46.2 Å². The number of rotatable bonds is 5. The van der Waals surface area contributed by atoms with E-state index in [1.165, 1.54) is 11.1 Å². The molecule has 134 valence electrons. The van der Waals surface area contributed by atoms with E-state index in [9.17, 15) is 9.59 Å². The van der Waals surface area contributed by atoms with Gasteiger partial charge in [0, 0.05) is 19.4 Å². The predicted octanol–water partition coefficient (Wildman–Crippen LogP) is 4.31. The van der Waals surface area contributed by atoms with Gasteiger partial charge in [-0.3, -0.25) is 9.59 Å². The lowest BCUT2D eigenvalue weighted by Crippen LogP contribution is -2.25. The third-order valence-electron chi connectivity index (χ3n) is 4.93. The van der Waals surface area contributed by atoms with Crippen LogP contribution in [0.25, 0.3) is 0 Å². The zero-order valence-corrected chi connectivity index (χ0v) is 16.0. The maximum Gasteiger partial charge on any atom is 0.220 e. The average Bonchev–Trinajstić information content (AvgIpc) is 2.73. The molecule has 1 saturated carbocycles. The Morgan fingerprint density at radius 3 is 2.40 bits per heavy atom. The molecule has 0 aromatic heterocycles. The molecule has 1 amide bonds. The van der Waals surface area contributed by atoms with Gasteiger partial charge in [0.2, 0.25) is 5.91 Å². The zero-order valence-electron chi connectivity index (χ0n) is 16.0. The van der Waals surface area contributed by atoms with Crippen LogP contribution in [0.2, 0.25) is 0 Å². The lowest BCUT2D eigenvalue weighted by molar-refractivity contribution is -0.121. The van der Waals surface area contributed by atoms with Crippen LogP contribution in [0.5, 0.6) is 0 Å². The van der Waals surface area contributed by atoms with E-state index in [2.05, 4.69) is 44.8 Å². The number of amides is 1. The largest absolute Gasteiger partial charge is 0.353 e. The van der Waals surface area contributed by atoms with Gasteiger partial charge in [0.15, 0.2) is 0 Å². The van der Waals surface area contributed by atoms with Gasteiger partial charge in [-0.05, 0) is 57.2 Å². The molecule has 1 fully saturated rings. The summed E-state index contributed by atoms with van der Waals surface area (Å²) in [5.74, 6) is -0.169. The number of nitrogens with one attached hydrogen (secondary N) is 1. The molecule has 2 unspecified atom stereocenters. The van der Waals surface area contributed by atoms with Crippen LogP contribution >= 0.6 is 0 Å². The third-order valence-corrected chi connectivity index (χ3v) is 4.93. The summed E-state index contributed by atoms with van der Waals surface area (Å²) >= 11 is 0. The second-order valence-corrected chi connectivity index (χ2v) is 7.48. The molecule has 0 bridgehead atoms. The van der Waals surface area contributed by atoms with Crippen molar-refractivity contribution in [3.8, 4) is 0 Å². The van der Waals surface area contributed by atoms with Gasteiger partial charge in [-0.2, -0.15) is 0 Å². The van der Waals surface area contributed by atoms with E-state index < -0.39 is 0 Å². The van der Waals surface area contributed by atoms with Gasteiger partial charge >= 0.3 is 0 Å². The van der Waals surface area contributed by atoms with E-state index >= 15 is 0 Å². The molecule has 25 heavy (non-hydrogen) atoms. The van der Waals surface area contributed by atoms with Crippen LogP contribution < -0.4 is 5.32 Å². The first-order valence-corrected chi connectivity index (χ1v) is 8.90. The highest BCUT2D eigenvalue weighted by atomic mass is 16.1. The lowest BCUT2D eigenvalue weighted by atomic mass is 9.84. The number of hydrogen-bond donors (Lipinski definition) is 1. The number of benzene rings is 1. The maximum atomic E-state index is 12.7. The molecule has 0 heterocycles. The van der Waals surface area contributed by atoms with Crippen LogP contribution in [0.1, 0.15) is 54.9 Å². The molecule has 0 saturated heterocycles. The smallest absolute Gasteiger partial charge is 0.220 e. The molecule has 3 heteroatoms. The highest BCUT2D eigenvalue weighted by Gasteiger charge is 2.39. The highest BCUT2D eigenvalue weighted by molar-refractivity contribution is 5.94. The van der Waals surface area contributed by atoms with Gasteiger partial charge in [0.05, 0.1) is 5.92 Å². The minimum absolute atomic E-state index is 0.0190. The Kier molecular flexibility index (Phi) is 5.99. The summed E-state index contributed by atoms with van der Waals surface area (Å²) in [5, 5.41) is 2.89. The molecular formula is C22H29NO2. The fourth-order valence-electron chi connectivity index (χ4n) is 3.80. The van der Waals surface area contributed by atoms with E-state index in [1.54, 1.807) is 0 Å². The molecule has 1 aliphatic rings. The molecule has 1 N–H and O–H groups in total. The molecule has 0 aliphatic heterocycles. The molecule has 1 aromatic rings. The van der Waals surface area contributed by atoms with Gasteiger partial charge in [-0.15, -0.1) is 0 Å². The van der Waals surface area contributed by atoms with Crippen molar-refractivity contribution in [1.82, 2.24) is 5.32 Å². The van der Waals surface area contributed by atoms with Crippen LogP contribution in [0.4, 0.5) is 0 Å². The van der Waals surface area contributed by atoms with Crippen molar-refractivity contribution in [3.05, 3.63) is 58.2 Å². The number of carbonyl (C=O) groups is 2. The molecule has 1 aromatic carbocycles. The van der Waals surface area contributed by atoms with Crippen molar-refractivity contribution in [3.63, 3.8) is 0 Å². The van der Waals surface area contributed by atoms with Crippen molar-refractivity contribution in [1.29, 1.82) is 0 Å². The summed E-state index contributed by atoms with van der Waals surface area (Å²) in [5.41, 5.74) is 6.60. The highest BCUT2D eigenvalue weighted by Crippen LogP contribution is 2.43. The Labute approximate surface area is 151 Å². The fraction of sp³-hybridized carbons (Fsp3) is 0.455. The summed E-state index contributed by atoms with van der Waals surface area (Å²) < 4.78 is 0. The molecule has 1 aliphatic carbocycles. The van der Waals surface area contributed by atoms with Crippen molar-refractivity contribution in [2.75, 3.05) is 6.54 Å². The van der Waals surface area contributed by atoms with Gasteiger partial charge in [0.25, 0.3) is 0 Å². The minimum Gasteiger partial charge on any atom is -0.353 e. The van der Waals surface area contributed by atoms with E-state index in [1.807, 2.05) is 19.9 Å². The summed E-state index contributed by atoms with van der Waals surface area (Å²) in [7, 11) is 0. The van der Waals surface area contributed by atoms with Crippen LogP contribution in [0, 0.1) is 26.7 Å². The van der Waals surface area contributed by atoms with E-state index in [0.29, 0.717) is 19.4 Å². The van der Waals surface area contributed by atoms with Gasteiger partial charge < -0.3 is 5.32 Å². The number of allylic oxidation sites excluding steroid dienone is 2. The van der Waals surface area contributed by atoms with E-state index in [4.69, 9.17) is 0 Å². The van der Waals surface area contributed by atoms with Gasteiger partial charge in [-0.25, -0.2) is 0 Å². The zero-order chi connectivity index (χ0) is 18.7. The first-order chi connectivity index (χ1) is 11.7. The number of hydrogen-bond acceptors (Lipinski definition) is 2. The second-order valence-electron chi connectivity index (χ2n) is 7.48. The van der Waals surface area contributed by atoms with Crippen LogP contribution in [0.15, 0.2) is 35.9 Å². The first-order valence-electron chi connectivity index (χ1n) is 8.90. The summed E-state index contributed by atoms with van der Waals surface area (Å²) in [6.45, 7) is 14.9. The fourth-order valence-corrected chi connectivity index (χ4v) is 3.80. The molecule has 2 atom stereocenters. The quantitative estimate of drug-likeness (QED) is 0.812. The van der Waals surface area contributed by atoms with Gasteiger partial charge in [0.1, 0.15) is 5.78 Å². The number of Topliss-reactive ketones (excluding diaryl/α,β-unsaturated/α-hetero) is 1. The van der Waals surface area contributed by atoms with Crippen molar-refractivity contribution >= 4 is 11.7 Å². The monoisotopic (exact) mass is 339 g/mol. The number of carbonyl (C=O) groups excluding carboxylic acids is 2. The first kappa shape index (κ1) is 19.2. The normalized spacial score (nSPS) is 19.9. The summed E-state index contributed by atoms with van der Waals surface area (Å²) in [4.78, 5) is 24.8. The predicted molar refractivity (Wildman–Crippen MR) is 103 cm³/mol. The van der Waals surface area contributed by atoms with Gasteiger partial charge in [-0.1, -0.05) is 41.5 Å². The standard InChI is InChI=1S/C22H29NO2/c1-13(2)7-8-23-20(25)12-18-11-19(24)22(17(18)6)21-15(4)9-14(3)10-16(21)5/h7,9-10,18,22H,6,8,11-12H2,1-5H3,(H,23,25). The van der Waals surface area contributed by atoms with Crippen LogP contribution in [0.3, 0.4) is 0 Å². The third kappa shape index (κ3) is 4.47. The summed E-state index contributed by atoms with van der Waals surface area (Å²) in [6.07, 6.45) is 2.72. The average molecular weight is 339 g/mol. The Morgan fingerprint density at radius 2 is 1.84 bits per heavy atom. The number of ketones is 1. The Hall–Kier alpha value is -2.16. The second kappa shape index (κ2) is 7.81. The Morgan fingerprint density at radius 1 is 1.24 bits per heavy atom. The minimum atomic E-state index is -0.267. The molecule has 0 radical (unpaired) electrons. The molecule has 0 spiro atoms. The SMILES string of the molecule is C=C1C(CC(=O)NCC=C(C)C)CC(=O)C1c1c(C)cc(C)cc1C. The summed E-state index contributed by atoms with van der Waals surface area (Å²) in [6, 6.07) is 4.23. The van der Waals surface area contributed by atoms with E-state index in [-0.39, 0.29) is 23.5 Å². The maximum absolute atomic E-state index is 12.7. The van der Waals surface area contributed by atoms with E-state index in [0.717, 1.165) is 22.3 Å². The Balaban J connectivity index is 2.13. The molecule has 3 nitrogen and oxygen atoms in total. The van der Waals surface area contributed by atoms with Crippen molar-refractivity contribution in [2.24, 2.45) is 5.92 Å². The van der Waals surface area contributed by atoms with Crippen LogP contribution in [-0.4, -0.2) is 18.2 Å². The molecular weight excluding hydrogens is 310 g/mol. The number of aryl methyl sites for hydroxylation is 3. The van der Waals surface area contributed by atoms with Crippen molar-refractivity contribution in [2.45, 2.75) is 53.4 Å². The lowest BCUT2D eigenvalue weighted by Gasteiger charge is -2.19.